The first-order chi connectivity index (χ1) is 30.7. The van der Waals surface area contributed by atoms with Crippen LogP contribution in [-0.2, 0) is 84.8 Å². The van der Waals surface area contributed by atoms with Crippen LogP contribution in [0.5, 0.6) is 0 Å². The number of carboxylic acids is 1. The molecule has 0 bridgehead atoms. The number of benzene rings is 5. The number of esters is 6. The first-order valence-corrected chi connectivity index (χ1v) is 20.9. The van der Waals surface area contributed by atoms with Gasteiger partial charge >= 0.3 is 41.8 Å². The lowest BCUT2D eigenvalue weighted by atomic mass is 9.98. The molecule has 64 heavy (non-hydrogen) atoms. The van der Waals surface area contributed by atoms with Gasteiger partial charge in [-0.3, -0.25) is 33.6 Å². The minimum absolute atomic E-state index is 0.0626. The van der Waals surface area contributed by atoms with Gasteiger partial charge in [0.1, 0.15) is 6.61 Å². The molecule has 2 saturated heterocycles. The van der Waals surface area contributed by atoms with Gasteiger partial charge in [0.15, 0.2) is 0 Å². The van der Waals surface area contributed by atoms with Gasteiger partial charge in [-0.05, 0) is 53.5 Å². The van der Waals surface area contributed by atoms with Crippen LogP contribution < -0.4 is 0 Å². The average Bonchev–Trinajstić information content (AvgIpc) is 3.80. The number of ether oxygens (including phenoxy) is 4. The highest BCUT2D eigenvalue weighted by molar-refractivity contribution is 5.95. The molecule has 2 heterocycles. The van der Waals surface area contributed by atoms with Crippen molar-refractivity contribution in [2.45, 2.75) is 65.9 Å². The Balaban J connectivity index is 0.000000213. The first kappa shape index (κ1) is 51.1. The zero-order valence-electron chi connectivity index (χ0n) is 36.6. The summed E-state index contributed by atoms with van der Waals surface area (Å²) in [7, 11) is 1.42. The summed E-state index contributed by atoms with van der Waals surface area (Å²) in [6.07, 6.45) is 2.96. The Labute approximate surface area is 374 Å². The maximum absolute atomic E-state index is 11.1. The van der Waals surface area contributed by atoms with E-state index in [1.54, 1.807) is 6.92 Å². The fraction of sp³-hybridized carbons (Fsp3) is 0.288. The molecule has 336 valence electrons. The van der Waals surface area contributed by atoms with Crippen molar-refractivity contribution in [1.29, 1.82) is 0 Å². The van der Waals surface area contributed by atoms with E-state index in [1.165, 1.54) is 19.6 Å². The van der Waals surface area contributed by atoms with Gasteiger partial charge in [-0.15, -0.1) is 0 Å². The second-order valence-electron chi connectivity index (χ2n) is 15.1. The van der Waals surface area contributed by atoms with E-state index in [0.717, 1.165) is 28.7 Å². The minimum atomic E-state index is -0.737. The fourth-order valence-electron chi connectivity index (χ4n) is 6.22. The molecule has 0 amide bonds. The fourth-order valence-corrected chi connectivity index (χ4v) is 6.22. The lowest BCUT2D eigenvalue weighted by molar-refractivity contribution is -0.154. The summed E-state index contributed by atoms with van der Waals surface area (Å²) >= 11 is 0. The second-order valence-corrected chi connectivity index (χ2v) is 15.1. The van der Waals surface area contributed by atoms with Crippen LogP contribution in [0.2, 0.25) is 0 Å². The summed E-state index contributed by atoms with van der Waals surface area (Å²) in [5.74, 6) is -3.66. The number of carbonyl (C=O) groups excluding carboxylic acids is 6. The van der Waals surface area contributed by atoms with Crippen molar-refractivity contribution in [3.63, 3.8) is 0 Å². The predicted molar refractivity (Wildman–Crippen MR) is 239 cm³/mol. The highest BCUT2D eigenvalue weighted by Gasteiger charge is 2.34. The highest BCUT2D eigenvalue weighted by atomic mass is 16.6. The van der Waals surface area contributed by atoms with Crippen LogP contribution >= 0.6 is 0 Å². The average molecular weight is 873 g/mol. The van der Waals surface area contributed by atoms with Crippen molar-refractivity contribution < 1.29 is 57.6 Å². The van der Waals surface area contributed by atoms with E-state index < -0.39 is 17.9 Å². The predicted octanol–water partition coefficient (Wildman–Crippen LogP) is 8.38. The molecule has 0 radical (unpaired) electrons. The Morgan fingerprint density at radius 3 is 1.17 bits per heavy atom. The van der Waals surface area contributed by atoms with Crippen LogP contribution in [0.25, 0.3) is 0 Å². The number of aliphatic carboxylic acids is 1. The van der Waals surface area contributed by atoms with Gasteiger partial charge in [-0.2, -0.15) is 0 Å². The molecule has 2 aliphatic rings. The maximum atomic E-state index is 11.1. The van der Waals surface area contributed by atoms with Crippen LogP contribution in [0.3, 0.4) is 0 Å². The SMILES string of the molecule is CC(=O)OCc1ccccc1.COC(=O)[C@H](C)Cc1ccccc1.C[C@@H](Cc1ccccc1)C(=O)O.O=C1CC(Cc2ccccc2)C(=O)O1.O=C1C[C@@H](Cc2ccccc2)C(=O)O1. The molecule has 1 N–H and O–H groups in total. The number of rotatable bonds is 12. The molecule has 0 aromatic heterocycles. The summed E-state index contributed by atoms with van der Waals surface area (Å²) in [5.41, 5.74) is 5.38. The van der Waals surface area contributed by atoms with Gasteiger partial charge in [-0.1, -0.05) is 166 Å². The number of carbonyl (C=O) groups is 7. The number of methoxy groups -OCH3 is 1. The van der Waals surface area contributed by atoms with Crippen LogP contribution in [-0.4, -0.2) is 54.0 Å². The van der Waals surface area contributed by atoms with Crippen molar-refractivity contribution in [1.82, 2.24) is 0 Å². The topological polar surface area (TPSA) is 177 Å². The molecule has 12 nitrogen and oxygen atoms in total. The van der Waals surface area contributed by atoms with Crippen LogP contribution in [0, 0.1) is 23.7 Å². The van der Waals surface area contributed by atoms with E-state index in [0.29, 0.717) is 25.9 Å². The third kappa shape index (κ3) is 20.6. The van der Waals surface area contributed by atoms with Gasteiger partial charge in [0.25, 0.3) is 0 Å². The van der Waals surface area contributed by atoms with Gasteiger partial charge in [0.2, 0.25) is 0 Å². The quantitative estimate of drug-likeness (QED) is 0.0721. The second kappa shape index (κ2) is 28.4. The molecule has 0 saturated carbocycles. The van der Waals surface area contributed by atoms with E-state index in [1.807, 2.05) is 159 Å². The Kier molecular flexibility index (Phi) is 22.7. The molecule has 2 fully saturated rings. The zero-order valence-corrected chi connectivity index (χ0v) is 36.6. The summed E-state index contributed by atoms with van der Waals surface area (Å²) in [5, 5.41) is 8.64. The van der Waals surface area contributed by atoms with Gasteiger partial charge in [0, 0.05) is 6.92 Å². The van der Waals surface area contributed by atoms with Crippen molar-refractivity contribution >= 4 is 41.8 Å². The molecular weight excluding hydrogens is 817 g/mol. The number of cyclic esters (lactones) is 4. The summed E-state index contributed by atoms with van der Waals surface area (Å²) < 4.78 is 18.4. The minimum Gasteiger partial charge on any atom is -0.481 e. The molecular formula is C52H56O12. The Morgan fingerprint density at radius 2 is 0.875 bits per heavy atom. The Bertz CT molecular complexity index is 2120. The van der Waals surface area contributed by atoms with Crippen molar-refractivity contribution in [2.24, 2.45) is 23.7 Å². The van der Waals surface area contributed by atoms with Crippen molar-refractivity contribution in [3.8, 4) is 0 Å². The molecule has 2 aliphatic heterocycles. The third-order valence-electron chi connectivity index (χ3n) is 9.65. The number of hydrogen-bond acceptors (Lipinski definition) is 11. The van der Waals surface area contributed by atoms with E-state index in [2.05, 4.69) is 14.2 Å². The molecule has 7 rings (SSSR count). The molecule has 1 unspecified atom stereocenters. The van der Waals surface area contributed by atoms with Crippen molar-refractivity contribution in [2.75, 3.05) is 7.11 Å². The van der Waals surface area contributed by atoms with E-state index in [9.17, 15) is 33.6 Å². The monoisotopic (exact) mass is 872 g/mol. The highest BCUT2D eigenvalue weighted by Crippen LogP contribution is 2.21. The smallest absolute Gasteiger partial charge is 0.317 e. The van der Waals surface area contributed by atoms with Crippen LogP contribution in [0.4, 0.5) is 0 Å². The van der Waals surface area contributed by atoms with E-state index in [-0.39, 0.29) is 60.4 Å². The Morgan fingerprint density at radius 1 is 0.547 bits per heavy atom. The molecule has 12 heteroatoms. The van der Waals surface area contributed by atoms with Crippen LogP contribution in [0.15, 0.2) is 152 Å². The normalized spacial score (nSPS) is 15.6. The lowest BCUT2D eigenvalue weighted by Crippen LogP contribution is -2.14. The summed E-state index contributed by atoms with van der Waals surface area (Å²) in [4.78, 5) is 75.9. The van der Waals surface area contributed by atoms with Gasteiger partial charge in [-0.25, -0.2) is 0 Å². The largest absolute Gasteiger partial charge is 0.481 e. The molecule has 0 spiro atoms. The maximum Gasteiger partial charge on any atom is 0.317 e. The van der Waals surface area contributed by atoms with Crippen LogP contribution in [0.1, 0.15) is 61.4 Å². The molecule has 5 aromatic carbocycles. The standard InChI is InChI=1S/2C11H10O3.C11H14O2.C10H12O2.C9H10O2/c2*12-10-7-9(11(13)14-10)6-8-4-2-1-3-5-8;1-9(11(12)13-2)8-10-6-4-3-5-7-10;1-8(10(11)12)7-9-5-3-2-4-6-9;1-8(10)11-7-9-5-3-2-4-6-9/h2*1-5,9H,6-7H2;3-7,9H,8H2,1-2H3;2-6,8H,7H2,1H3,(H,11,12);2-6H,7H2,1H3/t9-;;9-;8-;/m1.10./s1. The third-order valence-corrected chi connectivity index (χ3v) is 9.65. The summed E-state index contributed by atoms with van der Waals surface area (Å²) in [6, 6.07) is 48.4. The number of hydrogen-bond donors (Lipinski definition) is 1. The Hall–Kier alpha value is -7.21. The van der Waals surface area contributed by atoms with Crippen molar-refractivity contribution in [3.05, 3.63) is 179 Å². The van der Waals surface area contributed by atoms with E-state index >= 15 is 0 Å². The molecule has 0 aliphatic carbocycles. The zero-order chi connectivity index (χ0) is 46.7. The van der Waals surface area contributed by atoms with Gasteiger partial charge in [0.05, 0.1) is 43.6 Å². The van der Waals surface area contributed by atoms with E-state index in [4.69, 9.17) is 9.84 Å². The number of carboxylic acid groups (broad SMARTS) is 1. The molecule has 4 atom stereocenters. The first-order valence-electron chi connectivity index (χ1n) is 20.9. The summed E-state index contributed by atoms with van der Waals surface area (Å²) in [6.45, 7) is 5.37. The van der Waals surface area contributed by atoms with Gasteiger partial charge < -0.3 is 24.1 Å². The molecule has 5 aromatic rings. The lowest BCUT2D eigenvalue weighted by Gasteiger charge is -2.08.